The van der Waals surface area contributed by atoms with Crippen molar-refractivity contribution in [2.24, 2.45) is 0 Å². The molecule has 0 spiro atoms. The van der Waals surface area contributed by atoms with Crippen LogP contribution < -0.4 is 9.64 Å². The summed E-state index contributed by atoms with van der Waals surface area (Å²) in [4.78, 5) is 2.39. The van der Waals surface area contributed by atoms with Crippen LogP contribution in [0.2, 0.25) is 0 Å². The monoisotopic (exact) mass is 407 g/mol. The van der Waals surface area contributed by atoms with E-state index in [9.17, 15) is 0 Å². The second kappa shape index (κ2) is 8.66. The Morgan fingerprint density at radius 3 is 1.68 bits per heavy atom. The molecule has 0 aliphatic carbocycles. The average molecular weight is 408 g/mol. The van der Waals surface area contributed by atoms with E-state index in [0.717, 1.165) is 17.0 Å². The number of hydrogen-bond donors (Lipinski definition) is 0. The van der Waals surface area contributed by atoms with Crippen molar-refractivity contribution < 1.29 is 9.47 Å². The van der Waals surface area contributed by atoms with Crippen molar-refractivity contribution in [3.8, 4) is 5.75 Å². The summed E-state index contributed by atoms with van der Waals surface area (Å²) in [5, 5.41) is 0. The molecule has 0 saturated carbocycles. The molecule has 0 unspecified atom stereocenters. The van der Waals surface area contributed by atoms with E-state index in [0.29, 0.717) is 0 Å². The van der Waals surface area contributed by atoms with Gasteiger partial charge >= 0.3 is 0 Å². The number of methoxy groups -OCH3 is 1. The number of nitrogens with zero attached hydrogens (tertiary/aromatic N) is 1. The molecule has 5 rings (SSSR count). The first-order valence-corrected chi connectivity index (χ1v) is 10.6. The number of ether oxygens (including phenoxy) is 2. The fourth-order valence-electron chi connectivity index (χ4n) is 4.37. The standard InChI is InChI=1S/C28H25NO2/c1-30-25-19-17-24(18-20-25)29-26(21-11-5-2-6-12-21)27(22-13-7-3-8-14-22)31-28(29)23-15-9-4-10-16-23/h2-20,26-28H,1H3/t26-,27+,28+/m1/s1. The Kier molecular flexibility index (Phi) is 5.42. The van der Waals surface area contributed by atoms with Crippen LogP contribution in [0.3, 0.4) is 0 Å². The van der Waals surface area contributed by atoms with Gasteiger partial charge in [0.25, 0.3) is 0 Å². The second-order valence-corrected chi connectivity index (χ2v) is 7.69. The van der Waals surface area contributed by atoms with E-state index in [1.165, 1.54) is 11.1 Å². The molecule has 154 valence electrons. The van der Waals surface area contributed by atoms with Crippen molar-refractivity contribution in [3.05, 3.63) is 132 Å². The van der Waals surface area contributed by atoms with Crippen molar-refractivity contribution in [1.29, 1.82) is 0 Å². The lowest BCUT2D eigenvalue weighted by Crippen LogP contribution is -2.27. The molecule has 0 aromatic heterocycles. The van der Waals surface area contributed by atoms with E-state index in [4.69, 9.17) is 9.47 Å². The van der Waals surface area contributed by atoms with Crippen LogP contribution in [-0.2, 0) is 4.74 Å². The van der Waals surface area contributed by atoms with E-state index in [1.54, 1.807) is 7.11 Å². The van der Waals surface area contributed by atoms with E-state index in [-0.39, 0.29) is 18.4 Å². The van der Waals surface area contributed by atoms with E-state index in [1.807, 2.05) is 24.3 Å². The van der Waals surface area contributed by atoms with Gasteiger partial charge < -0.3 is 14.4 Å². The molecule has 1 heterocycles. The highest BCUT2D eigenvalue weighted by atomic mass is 16.5. The molecule has 3 heteroatoms. The summed E-state index contributed by atoms with van der Waals surface area (Å²) in [5.41, 5.74) is 4.64. The third-order valence-electron chi connectivity index (χ3n) is 5.84. The van der Waals surface area contributed by atoms with Crippen molar-refractivity contribution in [1.82, 2.24) is 0 Å². The molecule has 1 aliphatic rings. The predicted octanol–water partition coefficient (Wildman–Crippen LogP) is 6.71. The van der Waals surface area contributed by atoms with Gasteiger partial charge in [-0.3, -0.25) is 0 Å². The molecule has 3 atom stereocenters. The zero-order valence-corrected chi connectivity index (χ0v) is 17.5. The minimum atomic E-state index is -0.204. The van der Waals surface area contributed by atoms with Crippen molar-refractivity contribution in [2.45, 2.75) is 18.4 Å². The number of rotatable bonds is 5. The lowest BCUT2D eigenvalue weighted by Gasteiger charge is -2.32. The summed E-state index contributed by atoms with van der Waals surface area (Å²) in [6.07, 6.45) is -0.305. The lowest BCUT2D eigenvalue weighted by atomic mass is 9.94. The SMILES string of the molecule is COc1ccc(N2[C@H](c3ccccc3)[C@H](c3ccccc3)O[C@H]2c2ccccc2)cc1. The van der Waals surface area contributed by atoms with E-state index < -0.39 is 0 Å². The van der Waals surface area contributed by atoms with Gasteiger partial charge in [0.1, 0.15) is 11.9 Å². The molecule has 31 heavy (non-hydrogen) atoms. The molecule has 0 N–H and O–H groups in total. The van der Waals surface area contributed by atoms with Gasteiger partial charge in [0.05, 0.1) is 13.2 Å². The summed E-state index contributed by atoms with van der Waals surface area (Å²) in [6.45, 7) is 0. The smallest absolute Gasteiger partial charge is 0.158 e. The largest absolute Gasteiger partial charge is 0.497 e. The zero-order chi connectivity index (χ0) is 21.0. The van der Waals surface area contributed by atoms with Crippen LogP contribution in [0.15, 0.2) is 115 Å². The molecule has 1 saturated heterocycles. The Balaban J connectivity index is 1.67. The van der Waals surface area contributed by atoms with Crippen molar-refractivity contribution >= 4 is 5.69 Å². The first-order chi connectivity index (χ1) is 15.3. The van der Waals surface area contributed by atoms with Crippen molar-refractivity contribution in [3.63, 3.8) is 0 Å². The third kappa shape index (κ3) is 3.80. The Morgan fingerprint density at radius 2 is 1.13 bits per heavy atom. The van der Waals surface area contributed by atoms with Gasteiger partial charge in [-0.05, 0) is 35.4 Å². The maximum absolute atomic E-state index is 6.82. The molecule has 4 aromatic carbocycles. The third-order valence-corrected chi connectivity index (χ3v) is 5.84. The molecule has 1 fully saturated rings. The number of benzene rings is 4. The topological polar surface area (TPSA) is 21.7 Å². The summed E-state index contributed by atoms with van der Waals surface area (Å²) in [5.74, 6) is 0.844. The van der Waals surface area contributed by atoms with Gasteiger partial charge in [-0.1, -0.05) is 91.0 Å². The predicted molar refractivity (Wildman–Crippen MR) is 124 cm³/mol. The van der Waals surface area contributed by atoms with Crippen LogP contribution in [0.5, 0.6) is 5.75 Å². The van der Waals surface area contributed by atoms with Gasteiger partial charge in [-0.2, -0.15) is 0 Å². The summed E-state index contributed by atoms with van der Waals surface area (Å²) in [7, 11) is 1.69. The normalized spacial score (nSPS) is 20.5. The zero-order valence-electron chi connectivity index (χ0n) is 17.5. The highest BCUT2D eigenvalue weighted by Crippen LogP contribution is 2.52. The van der Waals surface area contributed by atoms with Crippen LogP contribution in [0.1, 0.15) is 35.1 Å². The molecule has 1 aliphatic heterocycles. The Labute approximate surface area is 183 Å². The lowest BCUT2D eigenvalue weighted by molar-refractivity contribution is 0.0404. The number of anilines is 1. The first kappa shape index (κ1) is 19.4. The summed E-state index contributed by atoms with van der Waals surface area (Å²) < 4.78 is 12.2. The van der Waals surface area contributed by atoms with Crippen LogP contribution in [0, 0.1) is 0 Å². The first-order valence-electron chi connectivity index (χ1n) is 10.6. The van der Waals surface area contributed by atoms with Gasteiger partial charge in [-0.15, -0.1) is 0 Å². The quantitative estimate of drug-likeness (QED) is 0.367. The second-order valence-electron chi connectivity index (χ2n) is 7.69. The van der Waals surface area contributed by atoms with E-state index >= 15 is 0 Å². The molecule has 4 aromatic rings. The van der Waals surface area contributed by atoms with E-state index in [2.05, 4.69) is 95.9 Å². The maximum atomic E-state index is 6.82. The number of hydrogen-bond acceptors (Lipinski definition) is 3. The molecule has 0 radical (unpaired) electrons. The average Bonchev–Trinajstić information content (AvgIpc) is 3.26. The minimum Gasteiger partial charge on any atom is -0.497 e. The molecule has 0 amide bonds. The summed E-state index contributed by atoms with van der Waals surface area (Å²) in [6, 6.07) is 39.9. The van der Waals surface area contributed by atoms with Gasteiger partial charge in [0.15, 0.2) is 6.23 Å². The minimum absolute atomic E-state index is 0.0298. The Hall–Kier alpha value is -3.56. The van der Waals surface area contributed by atoms with Crippen LogP contribution in [-0.4, -0.2) is 7.11 Å². The summed E-state index contributed by atoms with van der Waals surface area (Å²) >= 11 is 0. The Bertz CT molecular complexity index is 1100. The van der Waals surface area contributed by atoms with Gasteiger partial charge in [-0.25, -0.2) is 0 Å². The fourth-order valence-corrected chi connectivity index (χ4v) is 4.37. The molecular weight excluding hydrogens is 382 g/mol. The van der Waals surface area contributed by atoms with Crippen LogP contribution >= 0.6 is 0 Å². The maximum Gasteiger partial charge on any atom is 0.158 e. The van der Waals surface area contributed by atoms with Gasteiger partial charge in [0.2, 0.25) is 0 Å². The van der Waals surface area contributed by atoms with Crippen LogP contribution in [0.25, 0.3) is 0 Å². The highest BCUT2D eigenvalue weighted by Gasteiger charge is 2.44. The van der Waals surface area contributed by atoms with Crippen LogP contribution in [0.4, 0.5) is 5.69 Å². The Morgan fingerprint density at radius 1 is 0.613 bits per heavy atom. The molecule has 0 bridgehead atoms. The highest BCUT2D eigenvalue weighted by molar-refractivity contribution is 5.55. The van der Waals surface area contributed by atoms with Crippen molar-refractivity contribution in [2.75, 3.05) is 12.0 Å². The molecular formula is C28H25NO2. The molecule has 3 nitrogen and oxygen atoms in total. The van der Waals surface area contributed by atoms with Gasteiger partial charge in [0, 0.05) is 11.3 Å². The fraction of sp³-hybridized carbons (Fsp3) is 0.143.